The lowest BCUT2D eigenvalue weighted by molar-refractivity contribution is -0.145. The fraction of sp³-hybridized carbons (Fsp3) is 0.600. The lowest BCUT2D eigenvalue weighted by atomic mass is 9.84. The first-order valence-electron chi connectivity index (χ1n) is 9.83. The van der Waals surface area contributed by atoms with Crippen molar-refractivity contribution in [2.45, 2.75) is 58.4 Å². The number of rotatable bonds is 3. The topological polar surface area (TPSA) is 79.5 Å². The van der Waals surface area contributed by atoms with E-state index in [-0.39, 0.29) is 11.8 Å². The molecule has 2 aliphatic heterocycles. The minimum atomic E-state index is -0.695. The number of carbonyl (C=O) groups is 2. The zero-order chi connectivity index (χ0) is 19.2. The van der Waals surface area contributed by atoms with Crippen LogP contribution >= 0.6 is 0 Å². The Labute approximate surface area is 158 Å². The van der Waals surface area contributed by atoms with Crippen LogP contribution in [-0.4, -0.2) is 56.9 Å². The molecule has 2 aromatic heterocycles. The fourth-order valence-electron chi connectivity index (χ4n) is 4.74. The number of amides is 2. The molecule has 27 heavy (non-hydrogen) atoms. The summed E-state index contributed by atoms with van der Waals surface area (Å²) in [4.78, 5) is 35.0. The van der Waals surface area contributed by atoms with E-state index in [1.165, 1.54) is 0 Å². The number of piperidine rings is 1. The molecule has 2 aliphatic rings. The monoisotopic (exact) mass is 370 g/mol. The van der Waals surface area contributed by atoms with Gasteiger partial charge in [0.15, 0.2) is 0 Å². The van der Waals surface area contributed by atoms with Gasteiger partial charge in [0.05, 0.1) is 16.6 Å². The standard InChI is InChI=1S/C20H26N4O3/c1-4-9-23-10-5-7-20(19(23)26)8-6-11-24(20)18(25)15-12-13(2)21-17-16(15)14(3)22-27-17/h12H,4-11H2,1-3H3. The first kappa shape index (κ1) is 17.9. The third-order valence-corrected chi connectivity index (χ3v) is 5.91. The molecule has 4 rings (SSSR count). The van der Waals surface area contributed by atoms with Crippen molar-refractivity contribution in [1.82, 2.24) is 19.9 Å². The third kappa shape index (κ3) is 2.71. The number of likely N-dealkylation sites (tertiary alicyclic amines) is 2. The van der Waals surface area contributed by atoms with E-state index in [0.29, 0.717) is 34.6 Å². The van der Waals surface area contributed by atoms with Gasteiger partial charge in [0.1, 0.15) is 5.54 Å². The Bertz CT molecular complexity index is 904. The summed E-state index contributed by atoms with van der Waals surface area (Å²) in [6.45, 7) is 7.89. The van der Waals surface area contributed by atoms with Gasteiger partial charge in [-0.25, -0.2) is 4.98 Å². The molecule has 2 amide bonds. The maximum atomic E-state index is 13.6. The minimum Gasteiger partial charge on any atom is -0.341 e. The predicted molar refractivity (Wildman–Crippen MR) is 100 cm³/mol. The smallest absolute Gasteiger partial charge is 0.258 e. The van der Waals surface area contributed by atoms with Crippen LogP contribution in [0.2, 0.25) is 0 Å². The molecule has 2 saturated heterocycles. The van der Waals surface area contributed by atoms with Gasteiger partial charge in [-0.3, -0.25) is 9.59 Å². The zero-order valence-corrected chi connectivity index (χ0v) is 16.2. The summed E-state index contributed by atoms with van der Waals surface area (Å²) in [6, 6.07) is 1.79. The van der Waals surface area contributed by atoms with Crippen LogP contribution < -0.4 is 0 Å². The molecule has 2 aromatic rings. The van der Waals surface area contributed by atoms with Crippen LogP contribution in [0.1, 0.15) is 60.8 Å². The van der Waals surface area contributed by atoms with Gasteiger partial charge in [0.2, 0.25) is 5.91 Å². The molecule has 1 spiro atoms. The molecule has 2 fully saturated rings. The molecule has 0 N–H and O–H groups in total. The predicted octanol–water partition coefficient (Wildman–Crippen LogP) is 2.85. The molecule has 0 radical (unpaired) electrons. The summed E-state index contributed by atoms with van der Waals surface area (Å²) < 4.78 is 5.28. The summed E-state index contributed by atoms with van der Waals surface area (Å²) in [7, 11) is 0. The van der Waals surface area contributed by atoms with Crippen LogP contribution in [0.3, 0.4) is 0 Å². The maximum absolute atomic E-state index is 13.6. The molecule has 0 bridgehead atoms. The van der Waals surface area contributed by atoms with E-state index in [1.54, 1.807) is 6.07 Å². The zero-order valence-electron chi connectivity index (χ0n) is 16.2. The van der Waals surface area contributed by atoms with Crippen molar-refractivity contribution < 1.29 is 14.1 Å². The molecule has 0 aliphatic carbocycles. The van der Waals surface area contributed by atoms with Crippen molar-refractivity contribution in [2.24, 2.45) is 0 Å². The average Bonchev–Trinajstić information content (AvgIpc) is 3.23. The van der Waals surface area contributed by atoms with E-state index in [4.69, 9.17) is 4.52 Å². The number of carbonyl (C=O) groups excluding carboxylic acids is 2. The highest BCUT2D eigenvalue weighted by Crippen LogP contribution is 2.40. The van der Waals surface area contributed by atoms with Crippen LogP contribution in [-0.2, 0) is 4.79 Å². The Morgan fingerprint density at radius 3 is 2.74 bits per heavy atom. The number of pyridine rings is 1. The summed E-state index contributed by atoms with van der Waals surface area (Å²) in [5, 5.41) is 4.63. The highest BCUT2D eigenvalue weighted by molar-refractivity contribution is 6.08. The molecule has 0 aromatic carbocycles. The van der Waals surface area contributed by atoms with Gasteiger partial charge in [0, 0.05) is 25.3 Å². The normalized spacial score (nSPS) is 23.0. The van der Waals surface area contributed by atoms with Gasteiger partial charge < -0.3 is 14.3 Å². The molecule has 0 saturated carbocycles. The molecule has 4 heterocycles. The molecular weight excluding hydrogens is 344 g/mol. The van der Waals surface area contributed by atoms with Crippen molar-refractivity contribution in [1.29, 1.82) is 0 Å². The number of hydrogen-bond donors (Lipinski definition) is 0. The van der Waals surface area contributed by atoms with Gasteiger partial charge in [-0.05, 0) is 52.0 Å². The van der Waals surface area contributed by atoms with Crippen LogP contribution in [0.5, 0.6) is 0 Å². The Kier molecular flexibility index (Phi) is 4.40. The van der Waals surface area contributed by atoms with Gasteiger partial charge in [-0.1, -0.05) is 12.1 Å². The van der Waals surface area contributed by atoms with Crippen molar-refractivity contribution in [2.75, 3.05) is 19.6 Å². The van der Waals surface area contributed by atoms with E-state index in [9.17, 15) is 9.59 Å². The number of fused-ring (bicyclic) bond motifs is 1. The lowest BCUT2D eigenvalue weighted by Crippen LogP contribution is -2.61. The second-order valence-corrected chi connectivity index (χ2v) is 7.75. The van der Waals surface area contributed by atoms with Gasteiger partial charge in [-0.2, -0.15) is 0 Å². The fourth-order valence-corrected chi connectivity index (χ4v) is 4.74. The van der Waals surface area contributed by atoms with Crippen LogP contribution in [0.25, 0.3) is 11.1 Å². The van der Waals surface area contributed by atoms with E-state index in [1.807, 2.05) is 23.6 Å². The average molecular weight is 370 g/mol. The van der Waals surface area contributed by atoms with Crippen molar-refractivity contribution in [3.8, 4) is 0 Å². The largest absolute Gasteiger partial charge is 0.341 e. The Morgan fingerprint density at radius 2 is 2.00 bits per heavy atom. The Hall–Kier alpha value is -2.44. The summed E-state index contributed by atoms with van der Waals surface area (Å²) >= 11 is 0. The van der Waals surface area contributed by atoms with E-state index < -0.39 is 5.54 Å². The van der Waals surface area contributed by atoms with E-state index in [0.717, 1.165) is 45.2 Å². The molecule has 144 valence electrons. The second kappa shape index (κ2) is 6.62. The van der Waals surface area contributed by atoms with E-state index >= 15 is 0 Å². The van der Waals surface area contributed by atoms with Crippen LogP contribution in [0.15, 0.2) is 10.6 Å². The van der Waals surface area contributed by atoms with Gasteiger partial charge in [-0.15, -0.1) is 0 Å². The number of aromatic nitrogens is 2. The van der Waals surface area contributed by atoms with Gasteiger partial charge in [0.25, 0.3) is 11.6 Å². The van der Waals surface area contributed by atoms with Crippen molar-refractivity contribution >= 4 is 22.9 Å². The highest BCUT2D eigenvalue weighted by Gasteiger charge is 2.52. The molecule has 1 unspecified atom stereocenters. The molecular formula is C20H26N4O3. The minimum absolute atomic E-state index is 0.110. The second-order valence-electron chi connectivity index (χ2n) is 7.75. The van der Waals surface area contributed by atoms with Crippen molar-refractivity contribution in [3.63, 3.8) is 0 Å². The number of nitrogens with zero attached hydrogens (tertiary/aromatic N) is 4. The lowest BCUT2D eigenvalue weighted by Gasteiger charge is -2.44. The number of aryl methyl sites for hydroxylation is 2. The SMILES string of the molecule is CCCN1CCCC2(CCCN2C(=O)c2cc(C)nc3onc(C)c23)C1=O. The quantitative estimate of drug-likeness (QED) is 0.830. The first-order chi connectivity index (χ1) is 13.0. The highest BCUT2D eigenvalue weighted by atomic mass is 16.5. The molecule has 7 heteroatoms. The number of hydrogen-bond acceptors (Lipinski definition) is 5. The van der Waals surface area contributed by atoms with E-state index in [2.05, 4.69) is 17.1 Å². The Morgan fingerprint density at radius 1 is 1.26 bits per heavy atom. The van der Waals surface area contributed by atoms with Crippen LogP contribution in [0, 0.1) is 13.8 Å². The van der Waals surface area contributed by atoms with Gasteiger partial charge >= 0.3 is 0 Å². The summed E-state index contributed by atoms with van der Waals surface area (Å²) in [5.41, 5.74) is 1.58. The summed E-state index contributed by atoms with van der Waals surface area (Å²) in [5.74, 6) is 0.00603. The van der Waals surface area contributed by atoms with Crippen molar-refractivity contribution in [3.05, 3.63) is 23.0 Å². The third-order valence-electron chi connectivity index (χ3n) is 5.91. The molecule has 1 atom stereocenters. The Balaban J connectivity index is 1.76. The maximum Gasteiger partial charge on any atom is 0.258 e. The first-order valence-corrected chi connectivity index (χ1v) is 9.83. The molecule has 7 nitrogen and oxygen atoms in total. The summed E-state index contributed by atoms with van der Waals surface area (Å²) in [6.07, 6.45) is 4.21. The van der Waals surface area contributed by atoms with Crippen LogP contribution in [0.4, 0.5) is 0 Å².